The topological polar surface area (TPSA) is 75.9 Å². The second kappa shape index (κ2) is 5.52. The monoisotopic (exact) mass is 295 g/mol. The van der Waals surface area contributed by atoms with Crippen molar-refractivity contribution < 1.29 is 0 Å². The Bertz CT molecular complexity index is 570. The number of thiophene rings is 1. The Morgan fingerprint density at radius 3 is 3.05 bits per heavy atom. The lowest BCUT2D eigenvalue weighted by Crippen LogP contribution is -2.18. The van der Waals surface area contributed by atoms with Crippen LogP contribution in [-0.2, 0) is 0 Å². The van der Waals surface area contributed by atoms with Gasteiger partial charge in [-0.3, -0.25) is 5.43 Å². The number of nitrogens with two attached hydrogens (primary N) is 1. The minimum Gasteiger partial charge on any atom is -0.367 e. The van der Waals surface area contributed by atoms with Crippen LogP contribution in [-0.4, -0.2) is 27.5 Å². The quantitative estimate of drug-likeness (QED) is 0.595. The normalized spacial score (nSPS) is 22.8. The molecule has 0 spiro atoms. The van der Waals surface area contributed by atoms with Gasteiger partial charge in [0, 0.05) is 11.3 Å². The Morgan fingerprint density at radius 1 is 1.42 bits per heavy atom. The first kappa shape index (κ1) is 13.0. The predicted molar refractivity (Wildman–Crippen MR) is 83.8 cm³/mol. The van der Waals surface area contributed by atoms with Crippen molar-refractivity contribution in [1.82, 2.24) is 9.97 Å². The van der Waals surface area contributed by atoms with Crippen molar-refractivity contribution in [3.05, 3.63) is 11.4 Å². The van der Waals surface area contributed by atoms with Gasteiger partial charge in [0.15, 0.2) is 0 Å². The van der Waals surface area contributed by atoms with Gasteiger partial charge in [-0.25, -0.2) is 10.8 Å². The number of anilines is 2. The van der Waals surface area contributed by atoms with Crippen LogP contribution in [0.4, 0.5) is 11.8 Å². The van der Waals surface area contributed by atoms with Gasteiger partial charge in [-0.15, -0.1) is 11.3 Å². The number of hydrogen-bond acceptors (Lipinski definition) is 7. The summed E-state index contributed by atoms with van der Waals surface area (Å²) in [6.07, 6.45) is 5.86. The Labute approximate surface area is 120 Å². The van der Waals surface area contributed by atoms with Gasteiger partial charge >= 0.3 is 0 Å². The van der Waals surface area contributed by atoms with E-state index in [1.54, 1.807) is 11.3 Å². The smallest absolute Gasteiger partial charge is 0.240 e. The van der Waals surface area contributed by atoms with Crippen LogP contribution >= 0.6 is 23.1 Å². The van der Waals surface area contributed by atoms with Crippen LogP contribution in [0.1, 0.15) is 19.3 Å². The molecule has 3 rings (SSSR count). The van der Waals surface area contributed by atoms with E-state index >= 15 is 0 Å². The highest BCUT2D eigenvalue weighted by Crippen LogP contribution is 2.32. The maximum Gasteiger partial charge on any atom is 0.240 e. The third kappa shape index (κ3) is 2.63. The first-order chi connectivity index (χ1) is 9.30. The summed E-state index contributed by atoms with van der Waals surface area (Å²) in [4.78, 5) is 9.76. The molecule has 2 aromatic heterocycles. The molecule has 2 atom stereocenters. The third-order valence-electron chi connectivity index (χ3n) is 3.51. The summed E-state index contributed by atoms with van der Waals surface area (Å²) in [5.41, 5.74) is 2.53. The van der Waals surface area contributed by atoms with Crippen molar-refractivity contribution in [3.8, 4) is 0 Å². The highest BCUT2D eigenvalue weighted by molar-refractivity contribution is 7.99. The molecule has 1 aliphatic rings. The molecule has 2 unspecified atom stereocenters. The number of thioether (sulfide) groups is 1. The van der Waals surface area contributed by atoms with Crippen molar-refractivity contribution >= 4 is 45.1 Å². The second-order valence-electron chi connectivity index (χ2n) is 4.69. The van der Waals surface area contributed by atoms with Gasteiger partial charge in [0.05, 0.1) is 5.39 Å². The van der Waals surface area contributed by atoms with Crippen molar-refractivity contribution in [2.75, 3.05) is 17.0 Å². The second-order valence-corrected chi connectivity index (χ2v) is 6.72. The number of nitrogens with one attached hydrogen (secondary N) is 2. The summed E-state index contributed by atoms with van der Waals surface area (Å²) < 4.78 is 0. The molecule has 1 aliphatic carbocycles. The fourth-order valence-electron chi connectivity index (χ4n) is 2.51. The number of nitrogen functional groups attached to an aromatic ring is 1. The summed E-state index contributed by atoms with van der Waals surface area (Å²) in [6, 6.07) is 2.56. The highest BCUT2D eigenvalue weighted by atomic mass is 32.2. The molecule has 0 saturated heterocycles. The number of rotatable bonds is 4. The molecular weight excluding hydrogens is 278 g/mol. The average molecular weight is 295 g/mol. The van der Waals surface area contributed by atoms with Crippen LogP contribution in [0, 0.1) is 0 Å². The Balaban J connectivity index is 1.85. The first-order valence-electron chi connectivity index (χ1n) is 6.31. The molecule has 19 heavy (non-hydrogen) atoms. The molecule has 0 radical (unpaired) electrons. The molecule has 1 fully saturated rings. The maximum absolute atomic E-state index is 5.43. The van der Waals surface area contributed by atoms with Crippen molar-refractivity contribution in [3.63, 3.8) is 0 Å². The molecule has 0 aromatic carbocycles. The standard InChI is InChI=1S/C12H17N5S2/c1-18-8-3-2-7(6-8)14-10-9-4-5-19-11(9)16-12(15-10)17-13/h4-5,7-8H,2-3,6,13H2,1H3,(H2,14,15,16,17). The Kier molecular flexibility index (Phi) is 3.76. The lowest BCUT2D eigenvalue weighted by atomic mass is 10.2. The van der Waals surface area contributed by atoms with Crippen LogP contribution < -0.4 is 16.6 Å². The van der Waals surface area contributed by atoms with Crippen LogP contribution in [0.2, 0.25) is 0 Å². The molecule has 5 nitrogen and oxygen atoms in total. The van der Waals surface area contributed by atoms with E-state index in [-0.39, 0.29) is 0 Å². The van der Waals surface area contributed by atoms with Gasteiger partial charge in [-0.2, -0.15) is 16.7 Å². The van der Waals surface area contributed by atoms with E-state index in [0.29, 0.717) is 12.0 Å². The summed E-state index contributed by atoms with van der Waals surface area (Å²) in [6.45, 7) is 0. The van der Waals surface area contributed by atoms with E-state index < -0.39 is 0 Å². The first-order valence-corrected chi connectivity index (χ1v) is 8.48. The summed E-state index contributed by atoms with van der Waals surface area (Å²) in [5, 5.41) is 7.44. The molecule has 0 bridgehead atoms. The zero-order valence-corrected chi connectivity index (χ0v) is 12.4. The Hall–Kier alpha value is -1.05. The van der Waals surface area contributed by atoms with Gasteiger partial charge in [-0.1, -0.05) is 0 Å². The van der Waals surface area contributed by atoms with Gasteiger partial charge in [0.25, 0.3) is 0 Å². The zero-order chi connectivity index (χ0) is 13.2. The lowest BCUT2D eigenvalue weighted by molar-refractivity contribution is 0.753. The van der Waals surface area contributed by atoms with Crippen molar-refractivity contribution in [1.29, 1.82) is 0 Å². The summed E-state index contributed by atoms with van der Waals surface area (Å²) >= 11 is 3.56. The largest absolute Gasteiger partial charge is 0.367 e. The molecule has 102 valence electrons. The fourth-order valence-corrected chi connectivity index (χ4v) is 4.07. The van der Waals surface area contributed by atoms with E-state index in [9.17, 15) is 0 Å². The molecule has 1 saturated carbocycles. The molecule has 0 aliphatic heterocycles. The fraction of sp³-hybridized carbons (Fsp3) is 0.500. The molecule has 2 heterocycles. The van der Waals surface area contributed by atoms with E-state index in [4.69, 9.17) is 5.84 Å². The minimum absolute atomic E-state index is 0.469. The lowest BCUT2D eigenvalue weighted by Gasteiger charge is -2.14. The van der Waals surface area contributed by atoms with Crippen LogP contribution in [0.15, 0.2) is 11.4 Å². The van der Waals surface area contributed by atoms with Crippen LogP contribution in [0.5, 0.6) is 0 Å². The van der Waals surface area contributed by atoms with E-state index in [2.05, 4.69) is 33.0 Å². The SMILES string of the molecule is CSC1CCC(Nc2nc(NN)nc3sccc23)C1. The zero-order valence-electron chi connectivity index (χ0n) is 10.7. The summed E-state index contributed by atoms with van der Waals surface area (Å²) in [7, 11) is 0. The predicted octanol–water partition coefficient (Wildman–Crippen LogP) is 2.67. The maximum atomic E-state index is 5.43. The molecule has 0 amide bonds. The average Bonchev–Trinajstić information content (AvgIpc) is 3.06. The molecule has 2 aromatic rings. The van der Waals surface area contributed by atoms with Gasteiger partial charge in [-0.05, 0) is 37.0 Å². The number of hydrazine groups is 1. The van der Waals surface area contributed by atoms with Crippen LogP contribution in [0.3, 0.4) is 0 Å². The number of hydrogen-bond donors (Lipinski definition) is 3. The third-order valence-corrected chi connectivity index (χ3v) is 5.41. The van der Waals surface area contributed by atoms with Crippen LogP contribution in [0.25, 0.3) is 10.2 Å². The van der Waals surface area contributed by atoms with Gasteiger partial charge < -0.3 is 5.32 Å². The van der Waals surface area contributed by atoms with Crippen molar-refractivity contribution in [2.45, 2.75) is 30.6 Å². The molecule has 7 heteroatoms. The minimum atomic E-state index is 0.469. The van der Waals surface area contributed by atoms with Crippen molar-refractivity contribution in [2.24, 2.45) is 5.84 Å². The number of nitrogens with zero attached hydrogens (tertiary/aromatic N) is 2. The van der Waals surface area contributed by atoms with E-state index in [1.807, 2.05) is 17.1 Å². The number of aromatic nitrogens is 2. The molecule has 4 N–H and O–H groups in total. The van der Waals surface area contributed by atoms with Gasteiger partial charge in [0.2, 0.25) is 5.95 Å². The number of fused-ring (bicyclic) bond motifs is 1. The summed E-state index contributed by atoms with van der Waals surface area (Å²) in [5.74, 6) is 6.79. The Morgan fingerprint density at radius 2 is 2.32 bits per heavy atom. The molecular formula is C12H17N5S2. The van der Waals surface area contributed by atoms with E-state index in [0.717, 1.165) is 21.3 Å². The van der Waals surface area contributed by atoms with Gasteiger partial charge in [0.1, 0.15) is 10.6 Å². The highest BCUT2D eigenvalue weighted by Gasteiger charge is 2.24. The van der Waals surface area contributed by atoms with E-state index in [1.165, 1.54) is 19.3 Å².